The fourth-order valence-corrected chi connectivity index (χ4v) is 3.22. The van der Waals surface area contributed by atoms with Gasteiger partial charge >= 0.3 is 0 Å². The van der Waals surface area contributed by atoms with Gasteiger partial charge in [0.1, 0.15) is 5.76 Å². The third-order valence-corrected chi connectivity index (χ3v) is 4.76. The van der Waals surface area contributed by atoms with Gasteiger partial charge in [-0.15, -0.1) is 0 Å². The molecule has 0 unspecified atom stereocenters. The maximum Gasteiger partial charge on any atom is 0.229 e. The fraction of sp³-hybridized carbons (Fsp3) is 0.625. The van der Waals surface area contributed by atoms with Crippen LogP contribution in [0, 0.1) is 13.8 Å². The van der Waals surface area contributed by atoms with Crippen LogP contribution >= 0.6 is 0 Å². The number of hydrogen-bond acceptors (Lipinski definition) is 6. The minimum Gasteiger partial charge on any atom is -0.361 e. The predicted molar refractivity (Wildman–Crippen MR) is 79.6 cm³/mol. The first-order valence-electron chi connectivity index (χ1n) is 8.18. The number of rotatable bonds is 4. The second kappa shape index (κ2) is 5.47. The summed E-state index contributed by atoms with van der Waals surface area (Å²) >= 11 is 0. The number of nitrogens with zero attached hydrogens (tertiary/aromatic N) is 4. The summed E-state index contributed by atoms with van der Waals surface area (Å²) in [6, 6.07) is -0.0702. The molecule has 23 heavy (non-hydrogen) atoms. The van der Waals surface area contributed by atoms with Crippen LogP contribution in [0.25, 0.3) is 0 Å². The molecule has 1 amide bonds. The molecule has 1 aliphatic heterocycles. The molecule has 1 saturated carbocycles. The van der Waals surface area contributed by atoms with Crippen molar-refractivity contribution in [3.05, 3.63) is 28.7 Å². The van der Waals surface area contributed by atoms with Gasteiger partial charge < -0.3 is 13.9 Å². The minimum atomic E-state index is -0.0702. The third-order valence-electron chi connectivity index (χ3n) is 4.76. The zero-order valence-corrected chi connectivity index (χ0v) is 13.4. The molecule has 1 aliphatic carbocycles. The molecule has 2 aliphatic rings. The van der Waals surface area contributed by atoms with E-state index < -0.39 is 0 Å². The summed E-state index contributed by atoms with van der Waals surface area (Å²) in [7, 11) is 0. The van der Waals surface area contributed by atoms with Crippen LogP contribution in [0.3, 0.4) is 0 Å². The van der Waals surface area contributed by atoms with Crippen molar-refractivity contribution in [2.75, 3.05) is 6.54 Å². The molecule has 0 aromatic carbocycles. The maximum absolute atomic E-state index is 12.7. The molecule has 0 bridgehead atoms. The molecular weight excluding hydrogens is 296 g/mol. The zero-order valence-electron chi connectivity index (χ0n) is 13.4. The van der Waals surface area contributed by atoms with Crippen molar-refractivity contribution < 1.29 is 13.8 Å². The predicted octanol–water partition coefficient (Wildman–Crippen LogP) is 2.46. The average Bonchev–Trinajstić information content (AvgIpc) is 2.97. The van der Waals surface area contributed by atoms with E-state index in [-0.39, 0.29) is 11.9 Å². The first-order valence-corrected chi connectivity index (χ1v) is 8.18. The Morgan fingerprint density at radius 3 is 2.74 bits per heavy atom. The number of aromatic nitrogens is 3. The topological polar surface area (TPSA) is 85.3 Å². The summed E-state index contributed by atoms with van der Waals surface area (Å²) in [5, 5.41) is 8.03. The second-order valence-electron chi connectivity index (χ2n) is 6.49. The Kier molecular flexibility index (Phi) is 3.43. The van der Waals surface area contributed by atoms with Gasteiger partial charge in [0.15, 0.2) is 5.82 Å². The van der Waals surface area contributed by atoms with Crippen LogP contribution in [0.1, 0.15) is 66.4 Å². The fourth-order valence-electron chi connectivity index (χ4n) is 3.22. The summed E-state index contributed by atoms with van der Waals surface area (Å²) in [6.45, 7) is 4.44. The first-order chi connectivity index (χ1) is 11.1. The van der Waals surface area contributed by atoms with Gasteiger partial charge in [-0.05, 0) is 39.5 Å². The molecule has 122 valence electrons. The summed E-state index contributed by atoms with van der Waals surface area (Å²) in [4.78, 5) is 19.1. The third kappa shape index (κ3) is 2.64. The van der Waals surface area contributed by atoms with Crippen LogP contribution in [-0.2, 0) is 11.2 Å². The Labute approximate surface area is 134 Å². The largest absolute Gasteiger partial charge is 0.361 e. The van der Waals surface area contributed by atoms with E-state index in [1.165, 1.54) is 0 Å². The Bertz CT molecular complexity index is 712. The number of likely N-dealkylation sites (tertiary alicyclic amines) is 1. The van der Waals surface area contributed by atoms with Crippen molar-refractivity contribution in [2.45, 2.75) is 57.9 Å². The number of carbonyl (C=O) groups excluding carboxylic acids is 1. The van der Waals surface area contributed by atoms with Crippen molar-refractivity contribution >= 4 is 5.91 Å². The highest BCUT2D eigenvalue weighted by molar-refractivity contribution is 5.79. The van der Waals surface area contributed by atoms with Crippen LogP contribution in [0.4, 0.5) is 0 Å². The molecule has 1 saturated heterocycles. The molecule has 2 fully saturated rings. The lowest BCUT2D eigenvalue weighted by Crippen LogP contribution is -2.32. The van der Waals surface area contributed by atoms with E-state index in [0.29, 0.717) is 23.9 Å². The highest BCUT2D eigenvalue weighted by Crippen LogP contribution is 2.40. The Balaban J connectivity index is 1.51. The van der Waals surface area contributed by atoms with Gasteiger partial charge in [-0.3, -0.25) is 4.79 Å². The summed E-state index contributed by atoms with van der Waals surface area (Å²) in [6.07, 6.45) is 4.41. The van der Waals surface area contributed by atoms with E-state index in [2.05, 4.69) is 15.3 Å². The Morgan fingerprint density at radius 1 is 1.22 bits per heavy atom. The molecule has 7 heteroatoms. The van der Waals surface area contributed by atoms with E-state index in [1.807, 2.05) is 18.7 Å². The summed E-state index contributed by atoms with van der Waals surface area (Å²) in [5.74, 6) is 2.59. The van der Waals surface area contributed by atoms with E-state index in [4.69, 9.17) is 9.05 Å². The van der Waals surface area contributed by atoms with E-state index in [1.54, 1.807) is 0 Å². The Hall–Kier alpha value is -2.18. The van der Waals surface area contributed by atoms with Gasteiger partial charge in [0, 0.05) is 18.0 Å². The van der Waals surface area contributed by atoms with Gasteiger partial charge in [-0.2, -0.15) is 4.98 Å². The smallest absolute Gasteiger partial charge is 0.229 e. The van der Waals surface area contributed by atoms with Gasteiger partial charge in [0.05, 0.1) is 18.2 Å². The first kappa shape index (κ1) is 14.4. The number of hydrogen-bond donors (Lipinski definition) is 0. The standard InChI is InChI=1S/C16H20N4O3/c1-9-12(10(2)22-18-9)8-14(21)20-7-3-4-13(20)15-17-16(23-19-15)11-5-6-11/h11,13H,3-8H2,1-2H3/t13-/m0/s1. The van der Waals surface area contributed by atoms with Crippen LogP contribution in [-0.4, -0.2) is 32.6 Å². The van der Waals surface area contributed by atoms with E-state index >= 15 is 0 Å². The summed E-state index contributed by atoms with van der Waals surface area (Å²) in [5.41, 5.74) is 1.66. The number of aryl methyl sites for hydroxylation is 2. The molecular formula is C16H20N4O3. The highest BCUT2D eigenvalue weighted by atomic mass is 16.5. The van der Waals surface area contributed by atoms with E-state index in [0.717, 1.165) is 49.4 Å². The van der Waals surface area contributed by atoms with Crippen molar-refractivity contribution in [1.29, 1.82) is 0 Å². The van der Waals surface area contributed by atoms with Crippen molar-refractivity contribution in [3.8, 4) is 0 Å². The maximum atomic E-state index is 12.7. The summed E-state index contributed by atoms with van der Waals surface area (Å²) < 4.78 is 10.5. The van der Waals surface area contributed by atoms with Crippen LogP contribution in [0.2, 0.25) is 0 Å². The highest BCUT2D eigenvalue weighted by Gasteiger charge is 2.36. The Morgan fingerprint density at radius 2 is 2.04 bits per heavy atom. The second-order valence-corrected chi connectivity index (χ2v) is 6.49. The molecule has 7 nitrogen and oxygen atoms in total. The molecule has 2 aromatic heterocycles. The van der Waals surface area contributed by atoms with Gasteiger partial charge in [-0.25, -0.2) is 0 Å². The van der Waals surface area contributed by atoms with Crippen LogP contribution in [0.15, 0.2) is 9.05 Å². The van der Waals surface area contributed by atoms with Crippen LogP contribution < -0.4 is 0 Å². The van der Waals surface area contributed by atoms with Gasteiger partial charge in [0.25, 0.3) is 0 Å². The lowest BCUT2D eigenvalue weighted by Gasteiger charge is -2.22. The molecule has 3 heterocycles. The van der Waals surface area contributed by atoms with Gasteiger partial charge in [0.2, 0.25) is 11.8 Å². The lowest BCUT2D eigenvalue weighted by atomic mass is 10.1. The van der Waals surface area contributed by atoms with Crippen molar-refractivity contribution in [1.82, 2.24) is 20.2 Å². The number of amides is 1. The average molecular weight is 316 g/mol. The van der Waals surface area contributed by atoms with Crippen molar-refractivity contribution in [2.24, 2.45) is 0 Å². The molecule has 4 rings (SSSR count). The molecule has 0 N–H and O–H groups in total. The monoisotopic (exact) mass is 316 g/mol. The zero-order chi connectivity index (χ0) is 16.0. The lowest BCUT2D eigenvalue weighted by molar-refractivity contribution is -0.131. The quantitative estimate of drug-likeness (QED) is 0.861. The normalized spacial score (nSPS) is 21.1. The molecule has 0 radical (unpaired) electrons. The van der Waals surface area contributed by atoms with Crippen molar-refractivity contribution in [3.63, 3.8) is 0 Å². The SMILES string of the molecule is Cc1noc(C)c1CC(=O)N1CCC[C@H]1c1noc(C2CC2)n1. The van der Waals surface area contributed by atoms with Gasteiger partial charge in [-0.1, -0.05) is 10.3 Å². The molecule has 2 aromatic rings. The minimum absolute atomic E-state index is 0.0691. The molecule has 1 atom stereocenters. The molecule has 0 spiro atoms. The van der Waals surface area contributed by atoms with E-state index in [9.17, 15) is 4.79 Å². The number of carbonyl (C=O) groups is 1. The van der Waals surface area contributed by atoms with Crippen LogP contribution in [0.5, 0.6) is 0 Å².